The fraction of sp³-hybridized carbons (Fsp3) is 0.353. The highest BCUT2D eigenvalue weighted by Crippen LogP contribution is 2.11. The first-order valence-corrected chi connectivity index (χ1v) is 7.92. The zero-order chi connectivity index (χ0) is 16.9. The van der Waals surface area contributed by atoms with Crippen molar-refractivity contribution in [2.75, 3.05) is 38.5 Å². The molecule has 0 bridgehead atoms. The van der Waals surface area contributed by atoms with Gasteiger partial charge in [-0.05, 0) is 25.2 Å². The van der Waals surface area contributed by atoms with Gasteiger partial charge in [-0.15, -0.1) is 10.2 Å². The van der Waals surface area contributed by atoms with Crippen LogP contribution in [0.4, 0.5) is 10.2 Å². The second-order valence-corrected chi connectivity index (χ2v) is 5.84. The third kappa shape index (κ3) is 3.86. The summed E-state index contributed by atoms with van der Waals surface area (Å²) in [6, 6.07) is 9.90. The van der Waals surface area contributed by atoms with Crippen molar-refractivity contribution in [2.45, 2.75) is 6.54 Å². The number of carbonyl (C=O) groups is 1. The lowest BCUT2D eigenvalue weighted by atomic mass is 10.2. The zero-order valence-electron chi connectivity index (χ0n) is 13.6. The largest absolute Gasteiger partial charge is 0.364 e. The molecule has 0 aliphatic carbocycles. The number of nitrogens with one attached hydrogen (secondary N) is 1. The van der Waals surface area contributed by atoms with E-state index in [1.54, 1.807) is 35.2 Å². The molecule has 2 heterocycles. The summed E-state index contributed by atoms with van der Waals surface area (Å²) in [5, 5.41) is 11.0. The van der Waals surface area contributed by atoms with Gasteiger partial charge in [0.1, 0.15) is 11.6 Å². The Morgan fingerprint density at radius 1 is 1.12 bits per heavy atom. The van der Waals surface area contributed by atoms with Crippen LogP contribution in [0.3, 0.4) is 0 Å². The predicted octanol–water partition coefficient (Wildman–Crippen LogP) is 1.62. The number of aromatic nitrogens is 2. The predicted molar refractivity (Wildman–Crippen MR) is 89.2 cm³/mol. The molecular formula is C17H20FN5O. The highest BCUT2D eigenvalue weighted by atomic mass is 19.1. The molecule has 0 spiro atoms. The number of benzene rings is 1. The zero-order valence-corrected chi connectivity index (χ0v) is 13.6. The molecule has 2 aromatic rings. The number of nitrogens with zero attached hydrogens (tertiary/aromatic N) is 4. The molecule has 24 heavy (non-hydrogen) atoms. The molecule has 1 aromatic heterocycles. The van der Waals surface area contributed by atoms with Crippen molar-refractivity contribution in [3.05, 3.63) is 53.5 Å². The standard InChI is InChI=1S/C17H20FN5O/c1-22-8-10-23(11-9-22)17(24)15-6-7-16(21-20-15)19-12-13-4-2-3-5-14(13)18/h2-7H,8-12H2,1H3,(H,19,21). The Morgan fingerprint density at radius 3 is 2.54 bits per heavy atom. The van der Waals surface area contributed by atoms with Crippen LogP contribution in [0.2, 0.25) is 0 Å². The second kappa shape index (κ2) is 7.35. The van der Waals surface area contributed by atoms with E-state index in [-0.39, 0.29) is 11.7 Å². The van der Waals surface area contributed by atoms with E-state index >= 15 is 0 Å². The molecule has 0 atom stereocenters. The van der Waals surface area contributed by atoms with E-state index in [1.807, 2.05) is 7.05 Å². The van der Waals surface area contributed by atoms with Gasteiger partial charge in [0.25, 0.3) is 5.91 Å². The molecular weight excluding hydrogens is 309 g/mol. The number of amides is 1. The minimum absolute atomic E-state index is 0.101. The minimum Gasteiger partial charge on any atom is -0.364 e. The van der Waals surface area contributed by atoms with Crippen LogP contribution in [-0.4, -0.2) is 59.1 Å². The Morgan fingerprint density at radius 2 is 1.88 bits per heavy atom. The highest BCUT2D eigenvalue weighted by molar-refractivity contribution is 5.92. The molecule has 6 nitrogen and oxygen atoms in total. The summed E-state index contributed by atoms with van der Waals surface area (Å²) in [4.78, 5) is 16.4. The van der Waals surface area contributed by atoms with Crippen LogP contribution in [0.15, 0.2) is 36.4 Å². The van der Waals surface area contributed by atoms with Crippen LogP contribution in [0.5, 0.6) is 0 Å². The van der Waals surface area contributed by atoms with Crippen molar-refractivity contribution in [3.63, 3.8) is 0 Å². The molecule has 0 radical (unpaired) electrons. The first-order chi connectivity index (χ1) is 11.6. The summed E-state index contributed by atoms with van der Waals surface area (Å²) in [6.45, 7) is 3.44. The molecule has 1 N–H and O–H groups in total. The van der Waals surface area contributed by atoms with Crippen LogP contribution in [0.1, 0.15) is 16.1 Å². The van der Waals surface area contributed by atoms with Crippen molar-refractivity contribution < 1.29 is 9.18 Å². The normalized spacial score (nSPS) is 15.3. The molecule has 1 aliphatic heterocycles. The van der Waals surface area contributed by atoms with Gasteiger partial charge in [-0.2, -0.15) is 0 Å². The van der Waals surface area contributed by atoms with E-state index in [0.29, 0.717) is 36.7 Å². The van der Waals surface area contributed by atoms with Crippen molar-refractivity contribution in [2.24, 2.45) is 0 Å². The van der Waals surface area contributed by atoms with Crippen molar-refractivity contribution in [1.82, 2.24) is 20.0 Å². The maximum Gasteiger partial charge on any atom is 0.274 e. The van der Waals surface area contributed by atoms with E-state index < -0.39 is 0 Å². The Hall–Kier alpha value is -2.54. The summed E-state index contributed by atoms with van der Waals surface area (Å²) in [5.74, 6) is 0.143. The Kier molecular flexibility index (Phi) is 5.00. The van der Waals surface area contributed by atoms with Crippen molar-refractivity contribution in [3.8, 4) is 0 Å². The summed E-state index contributed by atoms with van der Waals surface area (Å²) >= 11 is 0. The smallest absolute Gasteiger partial charge is 0.274 e. The van der Waals surface area contributed by atoms with Gasteiger partial charge < -0.3 is 15.1 Å². The summed E-state index contributed by atoms with van der Waals surface area (Å²) in [7, 11) is 2.04. The number of hydrogen-bond acceptors (Lipinski definition) is 5. The van der Waals surface area contributed by atoms with Crippen LogP contribution < -0.4 is 5.32 Å². The van der Waals surface area contributed by atoms with Crippen LogP contribution in [-0.2, 0) is 6.54 Å². The maximum atomic E-state index is 13.6. The van der Waals surface area contributed by atoms with Crippen molar-refractivity contribution in [1.29, 1.82) is 0 Å². The molecule has 1 saturated heterocycles. The lowest BCUT2D eigenvalue weighted by Gasteiger charge is -2.32. The molecule has 7 heteroatoms. The number of rotatable bonds is 4. The molecule has 1 fully saturated rings. The Balaban J connectivity index is 1.59. The number of likely N-dealkylation sites (N-methyl/N-ethyl adjacent to an activating group) is 1. The van der Waals surface area contributed by atoms with Gasteiger partial charge in [-0.25, -0.2) is 4.39 Å². The number of piperazine rings is 1. The maximum absolute atomic E-state index is 13.6. The van der Waals surface area contributed by atoms with Gasteiger partial charge in [0.15, 0.2) is 5.69 Å². The molecule has 0 saturated carbocycles. The first kappa shape index (κ1) is 16.3. The highest BCUT2D eigenvalue weighted by Gasteiger charge is 2.21. The van der Waals surface area contributed by atoms with Crippen molar-refractivity contribution >= 4 is 11.7 Å². The van der Waals surface area contributed by atoms with E-state index in [4.69, 9.17) is 0 Å². The topological polar surface area (TPSA) is 61.4 Å². The third-order valence-electron chi connectivity index (χ3n) is 4.09. The molecule has 126 valence electrons. The number of carbonyl (C=O) groups excluding carboxylic acids is 1. The summed E-state index contributed by atoms with van der Waals surface area (Å²) in [6.07, 6.45) is 0. The molecule has 1 aromatic carbocycles. The van der Waals surface area contributed by atoms with Gasteiger partial charge in [0.05, 0.1) is 0 Å². The Bertz CT molecular complexity index is 698. The lowest BCUT2D eigenvalue weighted by Crippen LogP contribution is -2.47. The van der Waals surface area contributed by atoms with Gasteiger partial charge in [0, 0.05) is 38.3 Å². The van der Waals surface area contributed by atoms with E-state index in [9.17, 15) is 9.18 Å². The van der Waals surface area contributed by atoms with Crippen LogP contribution in [0, 0.1) is 5.82 Å². The van der Waals surface area contributed by atoms with Gasteiger partial charge in [0.2, 0.25) is 0 Å². The van der Waals surface area contributed by atoms with Crippen LogP contribution >= 0.6 is 0 Å². The van der Waals surface area contributed by atoms with E-state index in [0.717, 1.165) is 13.1 Å². The Labute approximate surface area is 140 Å². The molecule has 3 rings (SSSR count). The quantitative estimate of drug-likeness (QED) is 0.923. The number of anilines is 1. The molecule has 0 unspecified atom stereocenters. The SMILES string of the molecule is CN1CCN(C(=O)c2ccc(NCc3ccccc3F)nn2)CC1. The van der Waals surface area contributed by atoms with Gasteiger partial charge in [-0.1, -0.05) is 18.2 Å². The average Bonchev–Trinajstić information content (AvgIpc) is 2.62. The second-order valence-electron chi connectivity index (χ2n) is 5.84. The minimum atomic E-state index is -0.264. The number of hydrogen-bond donors (Lipinski definition) is 1. The summed E-state index contributed by atoms with van der Waals surface area (Å²) < 4.78 is 13.6. The van der Waals surface area contributed by atoms with Gasteiger partial charge >= 0.3 is 0 Å². The fourth-order valence-electron chi connectivity index (χ4n) is 2.54. The monoisotopic (exact) mass is 329 g/mol. The molecule has 1 amide bonds. The van der Waals surface area contributed by atoms with E-state index in [1.165, 1.54) is 6.07 Å². The fourth-order valence-corrected chi connectivity index (χ4v) is 2.54. The lowest BCUT2D eigenvalue weighted by molar-refractivity contribution is 0.0657. The third-order valence-corrected chi connectivity index (χ3v) is 4.09. The van der Waals surface area contributed by atoms with Crippen LogP contribution in [0.25, 0.3) is 0 Å². The molecule has 1 aliphatic rings. The van der Waals surface area contributed by atoms with E-state index in [2.05, 4.69) is 20.4 Å². The first-order valence-electron chi connectivity index (χ1n) is 7.92. The van der Waals surface area contributed by atoms with Gasteiger partial charge in [-0.3, -0.25) is 4.79 Å². The average molecular weight is 329 g/mol. The number of halogens is 1. The summed E-state index contributed by atoms with van der Waals surface area (Å²) in [5.41, 5.74) is 0.882.